The van der Waals surface area contributed by atoms with Gasteiger partial charge in [0.15, 0.2) is 0 Å². The average molecular weight is 228 g/mol. The third-order valence-corrected chi connectivity index (χ3v) is 1.59. The predicted octanol–water partition coefficient (Wildman–Crippen LogP) is -0.175. The van der Waals surface area contributed by atoms with Gasteiger partial charge in [-0.25, -0.2) is 0 Å². The van der Waals surface area contributed by atoms with E-state index in [4.69, 9.17) is 14.5 Å². The molecule has 0 aliphatic heterocycles. The molecule has 0 unspecified atom stereocenters. The Hall–Kier alpha value is -0.460. The number of nitrogens with one attached hydrogen (secondary N) is 1. The third kappa shape index (κ3) is 11.5. The minimum absolute atomic E-state index is 0. The largest absolute Gasteiger partial charge is 0.462 e. The van der Waals surface area contributed by atoms with Gasteiger partial charge in [-0.05, 0) is 13.8 Å². The van der Waals surface area contributed by atoms with Gasteiger partial charge in [0.05, 0.1) is 18.9 Å². The van der Waals surface area contributed by atoms with E-state index in [9.17, 15) is 9.36 Å². The summed E-state index contributed by atoms with van der Waals surface area (Å²) in [6, 6.07) is 0. The second-order valence-corrected chi connectivity index (χ2v) is 4.43. The summed E-state index contributed by atoms with van der Waals surface area (Å²) in [5.74, 6) is -0.525. The van der Waals surface area contributed by atoms with Gasteiger partial charge in [0.1, 0.15) is 0 Å². The highest BCUT2D eigenvalue weighted by molar-refractivity contribution is 7.51. The first-order chi connectivity index (χ1) is 5.81. The predicted molar refractivity (Wildman–Crippen MR) is 51.2 cm³/mol. The van der Waals surface area contributed by atoms with Gasteiger partial charge in [-0.3, -0.25) is 14.7 Å². The van der Waals surface area contributed by atoms with Crippen molar-refractivity contribution in [3.63, 3.8) is 0 Å². The summed E-state index contributed by atoms with van der Waals surface area (Å²) in [7, 11) is -4.08. The van der Waals surface area contributed by atoms with Crippen molar-refractivity contribution in [2.24, 2.45) is 0 Å². The fourth-order valence-electron chi connectivity index (χ4n) is 0.608. The van der Waals surface area contributed by atoms with E-state index < -0.39 is 19.9 Å². The molecule has 0 fully saturated rings. The van der Waals surface area contributed by atoms with Crippen molar-refractivity contribution in [2.75, 3.05) is 12.8 Å². The molecule has 0 rings (SSSR count). The summed E-state index contributed by atoms with van der Waals surface area (Å²) >= 11 is 0. The van der Waals surface area contributed by atoms with Crippen molar-refractivity contribution in [1.29, 1.82) is 0 Å². The molecule has 0 heterocycles. The molecule has 7 nitrogen and oxygen atoms in total. The Bertz CT molecular complexity index is 214. The van der Waals surface area contributed by atoms with Crippen LogP contribution in [0.2, 0.25) is 0 Å². The van der Waals surface area contributed by atoms with Crippen LogP contribution in [0.1, 0.15) is 13.8 Å². The van der Waals surface area contributed by atoms with Crippen LogP contribution in [0.5, 0.6) is 0 Å². The Morgan fingerprint density at radius 3 is 2.36 bits per heavy atom. The molecule has 0 spiro atoms. The van der Waals surface area contributed by atoms with Gasteiger partial charge in [-0.15, -0.1) is 0 Å². The summed E-state index contributed by atoms with van der Waals surface area (Å²) < 4.78 is 15.0. The Labute approximate surface area is 82.6 Å². The number of esters is 1. The Morgan fingerprint density at radius 1 is 1.50 bits per heavy atom. The van der Waals surface area contributed by atoms with Crippen LogP contribution in [0, 0.1) is 0 Å². The van der Waals surface area contributed by atoms with Crippen molar-refractivity contribution < 1.29 is 23.9 Å². The van der Waals surface area contributed by atoms with Crippen molar-refractivity contribution in [2.45, 2.75) is 20.0 Å². The fourth-order valence-corrected chi connectivity index (χ4v) is 1.01. The maximum absolute atomic E-state index is 10.8. The topological polar surface area (TPSA) is 131 Å². The van der Waals surface area contributed by atoms with Crippen molar-refractivity contribution in [3.8, 4) is 0 Å². The lowest BCUT2D eigenvalue weighted by molar-refractivity contribution is -0.146. The van der Waals surface area contributed by atoms with Gasteiger partial charge in [0, 0.05) is 0 Å². The van der Waals surface area contributed by atoms with Crippen molar-refractivity contribution in [3.05, 3.63) is 0 Å². The van der Waals surface area contributed by atoms with Gasteiger partial charge in [0.25, 0.3) is 0 Å². The summed E-state index contributed by atoms with van der Waals surface area (Å²) in [4.78, 5) is 27.6. The lowest BCUT2D eigenvalue weighted by Gasteiger charge is -2.08. The monoisotopic (exact) mass is 228 g/mol. The molecule has 86 valence electrons. The zero-order valence-corrected chi connectivity index (χ0v) is 9.16. The maximum Gasteiger partial charge on any atom is 0.339 e. The Morgan fingerprint density at radius 2 is 2.00 bits per heavy atom. The Kier molecular flexibility index (Phi) is 7.90. The van der Waals surface area contributed by atoms with Gasteiger partial charge in [-0.2, -0.15) is 0 Å². The van der Waals surface area contributed by atoms with Gasteiger partial charge >= 0.3 is 13.6 Å². The second kappa shape index (κ2) is 6.92. The molecule has 6 N–H and O–H groups in total. The van der Waals surface area contributed by atoms with Crippen LogP contribution >= 0.6 is 7.60 Å². The second-order valence-electron chi connectivity index (χ2n) is 2.79. The van der Waals surface area contributed by atoms with Crippen LogP contribution in [0.15, 0.2) is 0 Å². The molecule has 0 aliphatic rings. The van der Waals surface area contributed by atoms with Crippen LogP contribution in [0.4, 0.5) is 0 Å². The average Bonchev–Trinajstić information content (AvgIpc) is 1.81. The van der Waals surface area contributed by atoms with Crippen LogP contribution < -0.4 is 11.5 Å². The first-order valence-electron chi connectivity index (χ1n) is 3.76. The van der Waals surface area contributed by atoms with E-state index >= 15 is 0 Å². The maximum atomic E-state index is 10.8. The molecule has 0 atom stereocenters. The van der Waals surface area contributed by atoms with E-state index in [1.165, 1.54) is 0 Å². The molecule has 0 bridgehead atoms. The van der Waals surface area contributed by atoms with E-state index in [-0.39, 0.29) is 18.8 Å². The standard InChI is InChI=1S/C6H14NO5P.H3N/c1-5(2)12-6(8)3-7-4-13(9,10)11;/h5,7H,3-4H2,1-2H3,(H2,9,10,11);1H3. The van der Waals surface area contributed by atoms with E-state index in [0.29, 0.717) is 0 Å². The highest BCUT2D eigenvalue weighted by Gasteiger charge is 2.13. The number of rotatable bonds is 5. The third-order valence-electron chi connectivity index (χ3n) is 0.954. The van der Waals surface area contributed by atoms with E-state index in [1.54, 1.807) is 13.8 Å². The molecule has 0 saturated heterocycles. The number of carbonyl (C=O) groups excluding carboxylic acids is 1. The zero-order valence-electron chi connectivity index (χ0n) is 8.27. The normalized spacial score (nSPS) is 10.9. The molecule has 0 radical (unpaired) electrons. The van der Waals surface area contributed by atoms with Crippen LogP contribution in [-0.4, -0.2) is 34.7 Å². The summed E-state index contributed by atoms with van der Waals surface area (Å²) in [6.07, 6.45) is -0.732. The molecule has 0 saturated carbocycles. The molecule has 0 aromatic rings. The lowest BCUT2D eigenvalue weighted by atomic mass is 10.5. The van der Waals surface area contributed by atoms with Crippen LogP contribution in [0.25, 0.3) is 0 Å². The van der Waals surface area contributed by atoms with E-state index in [0.717, 1.165) is 0 Å². The van der Waals surface area contributed by atoms with Gasteiger partial charge in [-0.1, -0.05) is 0 Å². The SMILES string of the molecule is CC(C)OC(=O)CNCP(=O)(O)O.N. The molecule has 0 aromatic heterocycles. The molecular weight excluding hydrogens is 211 g/mol. The van der Waals surface area contributed by atoms with Gasteiger partial charge in [0.2, 0.25) is 0 Å². The van der Waals surface area contributed by atoms with Crippen molar-refractivity contribution >= 4 is 13.6 Å². The number of hydrogen-bond acceptors (Lipinski definition) is 5. The number of hydrogen-bond donors (Lipinski definition) is 4. The number of ether oxygens (including phenoxy) is 1. The van der Waals surface area contributed by atoms with Crippen LogP contribution in [-0.2, 0) is 14.1 Å². The minimum atomic E-state index is -4.08. The fraction of sp³-hybridized carbons (Fsp3) is 0.833. The van der Waals surface area contributed by atoms with E-state index in [2.05, 4.69) is 5.32 Å². The Balaban J connectivity index is 0. The quantitative estimate of drug-likeness (QED) is 0.379. The zero-order chi connectivity index (χ0) is 10.5. The molecular formula is C6H17N2O5P. The first-order valence-corrected chi connectivity index (χ1v) is 5.56. The van der Waals surface area contributed by atoms with Gasteiger partial charge < -0.3 is 20.7 Å². The van der Waals surface area contributed by atoms with E-state index in [1.807, 2.05) is 0 Å². The molecule has 0 amide bonds. The molecule has 14 heavy (non-hydrogen) atoms. The molecule has 0 aliphatic carbocycles. The molecule has 8 heteroatoms. The summed E-state index contributed by atoms with van der Waals surface area (Å²) in [6.45, 7) is 3.20. The van der Waals surface area contributed by atoms with Crippen LogP contribution in [0.3, 0.4) is 0 Å². The lowest BCUT2D eigenvalue weighted by Crippen LogP contribution is -2.27. The first kappa shape index (κ1) is 16.0. The van der Waals surface area contributed by atoms with Crippen molar-refractivity contribution in [1.82, 2.24) is 11.5 Å². The smallest absolute Gasteiger partial charge is 0.339 e. The highest BCUT2D eigenvalue weighted by atomic mass is 31.2. The number of carbonyl (C=O) groups is 1. The summed E-state index contributed by atoms with van der Waals surface area (Å²) in [5, 5.41) is 2.29. The minimum Gasteiger partial charge on any atom is -0.462 e. The molecule has 0 aromatic carbocycles. The summed E-state index contributed by atoms with van der Waals surface area (Å²) in [5.41, 5.74) is 0. The highest BCUT2D eigenvalue weighted by Crippen LogP contribution is 2.31.